The number of para-hydroxylation sites is 1. The topological polar surface area (TPSA) is 25.4 Å². The molecule has 3 rings (SSSR count). The molecule has 0 radical (unpaired) electrons. The normalized spacial score (nSPS) is 16.9. The number of pyridine rings is 1. The molecule has 0 aliphatic carbocycles. The van der Waals surface area contributed by atoms with Crippen LogP contribution in [0.2, 0.25) is 5.15 Å². The highest BCUT2D eigenvalue weighted by atomic mass is 35.5. The first-order valence-electron chi connectivity index (χ1n) is 6.59. The Balaban J connectivity index is 1.99. The maximum absolute atomic E-state index is 6.16. The van der Waals surface area contributed by atoms with Gasteiger partial charge in [-0.15, -0.1) is 0 Å². The maximum atomic E-state index is 6.16. The summed E-state index contributed by atoms with van der Waals surface area (Å²) in [5, 5.41) is 1.78. The molecule has 4 heteroatoms. The van der Waals surface area contributed by atoms with Crippen LogP contribution in [0.1, 0.15) is 11.1 Å². The molecular weight excluding hydrogens is 260 g/mol. The molecular formula is C15H17ClN2O. The van der Waals surface area contributed by atoms with Crippen molar-refractivity contribution in [2.75, 3.05) is 26.3 Å². The van der Waals surface area contributed by atoms with Gasteiger partial charge in [0.1, 0.15) is 5.15 Å². The minimum absolute atomic E-state index is 0.574. The zero-order valence-electron chi connectivity index (χ0n) is 11.0. The number of aromatic nitrogens is 1. The van der Waals surface area contributed by atoms with Crippen LogP contribution in [0.3, 0.4) is 0 Å². The number of fused-ring (bicyclic) bond motifs is 1. The highest BCUT2D eigenvalue weighted by molar-refractivity contribution is 6.30. The first-order chi connectivity index (χ1) is 9.24. The van der Waals surface area contributed by atoms with Crippen LogP contribution >= 0.6 is 11.6 Å². The number of hydrogen-bond donors (Lipinski definition) is 0. The lowest BCUT2D eigenvalue weighted by Crippen LogP contribution is -2.35. The fraction of sp³-hybridized carbons (Fsp3) is 0.400. The van der Waals surface area contributed by atoms with Gasteiger partial charge in [-0.05, 0) is 24.1 Å². The van der Waals surface area contributed by atoms with Gasteiger partial charge in [-0.2, -0.15) is 0 Å². The molecule has 2 aromatic rings. The van der Waals surface area contributed by atoms with Crippen molar-refractivity contribution in [3.05, 3.63) is 40.5 Å². The molecule has 1 aromatic heterocycles. The van der Waals surface area contributed by atoms with Gasteiger partial charge in [0.2, 0.25) is 0 Å². The molecule has 0 atom stereocenters. The molecule has 0 unspecified atom stereocenters. The lowest BCUT2D eigenvalue weighted by atomic mass is 10.1. The summed E-state index contributed by atoms with van der Waals surface area (Å²) >= 11 is 6.16. The molecule has 0 spiro atoms. The Morgan fingerprint density at radius 3 is 2.89 bits per heavy atom. The molecule has 19 heavy (non-hydrogen) atoms. The van der Waals surface area contributed by atoms with Gasteiger partial charge in [0.15, 0.2) is 0 Å². The van der Waals surface area contributed by atoms with Gasteiger partial charge in [-0.3, -0.25) is 4.90 Å². The van der Waals surface area contributed by atoms with Crippen LogP contribution in [-0.2, 0) is 11.3 Å². The summed E-state index contributed by atoms with van der Waals surface area (Å²) in [6, 6.07) is 8.26. The quantitative estimate of drug-likeness (QED) is 0.789. The predicted octanol–water partition coefficient (Wildman–Crippen LogP) is 3.03. The monoisotopic (exact) mass is 276 g/mol. The van der Waals surface area contributed by atoms with E-state index in [2.05, 4.69) is 35.0 Å². The zero-order valence-corrected chi connectivity index (χ0v) is 11.8. The Morgan fingerprint density at radius 2 is 2.11 bits per heavy atom. The number of benzene rings is 1. The van der Waals surface area contributed by atoms with Crippen LogP contribution < -0.4 is 0 Å². The Kier molecular flexibility index (Phi) is 3.69. The summed E-state index contributed by atoms with van der Waals surface area (Å²) in [4.78, 5) is 6.85. The maximum Gasteiger partial charge on any atom is 0.130 e. The summed E-state index contributed by atoms with van der Waals surface area (Å²) < 4.78 is 5.39. The molecule has 3 nitrogen and oxygen atoms in total. The third-order valence-electron chi connectivity index (χ3n) is 3.59. The van der Waals surface area contributed by atoms with Crippen LogP contribution in [0.15, 0.2) is 24.3 Å². The van der Waals surface area contributed by atoms with E-state index in [9.17, 15) is 0 Å². The number of hydrogen-bond acceptors (Lipinski definition) is 3. The Bertz CT molecular complexity index is 594. The Morgan fingerprint density at radius 1 is 1.32 bits per heavy atom. The van der Waals surface area contributed by atoms with Crippen LogP contribution in [0.4, 0.5) is 0 Å². The largest absolute Gasteiger partial charge is 0.379 e. The lowest BCUT2D eigenvalue weighted by molar-refractivity contribution is 0.0343. The van der Waals surface area contributed by atoms with Crippen molar-refractivity contribution >= 4 is 22.5 Å². The van der Waals surface area contributed by atoms with Gasteiger partial charge in [-0.25, -0.2) is 4.98 Å². The van der Waals surface area contributed by atoms with Crippen LogP contribution in [0, 0.1) is 6.92 Å². The molecule has 0 saturated carbocycles. The molecule has 0 bridgehead atoms. The van der Waals surface area contributed by atoms with Crippen molar-refractivity contribution in [1.82, 2.24) is 9.88 Å². The Hall–Kier alpha value is -1.16. The second kappa shape index (κ2) is 5.45. The van der Waals surface area contributed by atoms with Crippen LogP contribution in [0.5, 0.6) is 0 Å². The van der Waals surface area contributed by atoms with E-state index in [4.69, 9.17) is 16.3 Å². The molecule has 0 N–H and O–H groups in total. The molecule has 2 heterocycles. The van der Waals surface area contributed by atoms with Gasteiger partial charge in [0, 0.05) is 25.0 Å². The average Bonchev–Trinajstić information content (AvgIpc) is 2.41. The molecule has 1 fully saturated rings. The van der Waals surface area contributed by atoms with Crippen molar-refractivity contribution in [2.45, 2.75) is 13.5 Å². The number of aryl methyl sites for hydroxylation is 1. The third-order valence-corrected chi connectivity index (χ3v) is 3.79. The van der Waals surface area contributed by atoms with E-state index in [1.54, 1.807) is 0 Å². The van der Waals surface area contributed by atoms with Crippen molar-refractivity contribution in [2.24, 2.45) is 0 Å². The van der Waals surface area contributed by atoms with Gasteiger partial charge < -0.3 is 4.74 Å². The second-order valence-corrected chi connectivity index (χ2v) is 5.35. The summed E-state index contributed by atoms with van der Waals surface area (Å²) in [6.45, 7) is 6.57. The summed E-state index contributed by atoms with van der Waals surface area (Å²) in [5.41, 5.74) is 3.43. The zero-order chi connectivity index (χ0) is 13.2. The molecule has 1 aliphatic heterocycles. The van der Waals surface area contributed by atoms with E-state index < -0.39 is 0 Å². The number of rotatable bonds is 2. The Labute approximate surface area is 118 Å². The van der Waals surface area contributed by atoms with Gasteiger partial charge >= 0.3 is 0 Å². The van der Waals surface area contributed by atoms with Gasteiger partial charge in [0.05, 0.1) is 18.7 Å². The van der Waals surface area contributed by atoms with Crippen molar-refractivity contribution in [3.8, 4) is 0 Å². The van der Waals surface area contributed by atoms with E-state index in [1.165, 1.54) is 16.5 Å². The van der Waals surface area contributed by atoms with E-state index in [0.29, 0.717) is 5.15 Å². The molecule has 1 aromatic carbocycles. The van der Waals surface area contributed by atoms with E-state index in [0.717, 1.165) is 38.4 Å². The SMILES string of the molecule is Cc1cccc2c(CN3CCOCC3)cc(Cl)nc12. The highest BCUT2D eigenvalue weighted by Crippen LogP contribution is 2.24. The number of ether oxygens (including phenoxy) is 1. The van der Waals surface area contributed by atoms with E-state index in [-0.39, 0.29) is 0 Å². The second-order valence-electron chi connectivity index (χ2n) is 4.96. The highest BCUT2D eigenvalue weighted by Gasteiger charge is 2.13. The van der Waals surface area contributed by atoms with Crippen LogP contribution in [0.25, 0.3) is 10.9 Å². The van der Waals surface area contributed by atoms with Crippen molar-refractivity contribution in [1.29, 1.82) is 0 Å². The predicted molar refractivity (Wildman–Crippen MR) is 77.6 cm³/mol. The summed E-state index contributed by atoms with van der Waals surface area (Å²) in [5.74, 6) is 0. The molecule has 1 aliphatic rings. The standard InChI is InChI=1S/C15H17ClN2O/c1-11-3-2-4-13-12(9-14(16)17-15(11)13)10-18-5-7-19-8-6-18/h2-4,9H,5-8,10H2,1H3. The van der Waals surface area contributed by atoms with Crippen molar-refractivity contribution in [3.63, 3.8) is 0 Å². The third kappa shape index (κ3) is 2.73. The number of morpholine rings is 1. The van der Waals surface area contributed by atoms with Gasteiger partial charge in [0.25, 0.3) is 0 Å². The summed E-state index contributed by atoms with van der Waals surface area (Å²) in [6.07, 6.45) is 0. The molecule has 0 amide bonds. The number of halogens is 1. The fourth-order valence-electron chi connectivity index (χ4n) is 2.56. The first-order valence-corrected chi connectivity index (χ1v) is 6.97. The van der Waals surface area contributed by atoms with Crippen LogP contribution in [-0.4, -0.2) is 36.2 Å². The van der Waals surface area contributed by atoms with Crippen molar-refractivity contribution < 1.29 is 4.74 Å². The smallest absolute Gasteiger partial charge is 0.130 e. The minimum Gasteiger partial charge on any atom is -0.379 e. The van der Waals surface area contributed by atoms with E-state index >= 15 is 0 Å². The summed E-state index contributed by atoms with van der Waals surface area (Å²) in [7, 11) is 0. The molecule has 1 saturated heterocycles. The minimum atomic E-state index is 0.574. The first kappa shape index (κ1) is 12.9. The van der Waals surface area contributed by atoms with Gasteiger partial charge in [-0.1, -0.05) is 29.8 Å². The molecule has 100 valence electrons. The number of nitrogens with zero attached hydrogens (tertiary/aromatic N) is 2. The average molecular weight is 277 g/mol. The van der Waals surface area contributed by atoms with E-state index in [1.807, 2.05) is 6.07 Å². The fourth-order valence-corrected chi connectivity index (χ4v) is 2.77. The lowest BCUT2D eigenvalue weighted by Gasteiger charge is -2.27.